The normalized spacial score (nSPS) is 39.1. The molecule has 1 saturated carbocycles. The molecule has 0 bridgehead atoms. The van der Waals surface area contributed by atoms with Crippen LogP contribution in [0.25, 0.3) is 0 Å². The summed E-state index contributed by atoms with van der Waals surface area (Å²) in [6.07, 6.45) is 3.74. The maximum atomic E-state index is 11.7. The van der Waals surface area contributed by atoms with Gasteiger partial charge in [-0.1, -0.05) is 13.3 Å². The number of rotatable bonds is 4. The summed E-state index contributed by atoms with van der Waals surface area (Å²) in [5.74, 6) is 0.764. The van der Waals surface area contributed by atoms with Gasteiger partial charge in [0, 0.05) is 12.6 Å². The van der Waals surface area contributed by atoms with E-state index in [9.17, 15) is 9.90 Å². The second kappa shape index (κ2) is 4.49. The Bertz CT molecular complexity index is 245. The van der Waals surface area contributed by atoms with Crippen LogP contribution in [0.1, 0.15) is 32.6 Å². The van der Waals surface area contributed by atoms with Gasteiger partial charge in [0.05, 0.1) is 12.1 Å². The fourth-order valence-electron chi connectivity index (χ4n) is 2.31. The van der Waals surface area contributed by atoms with Crippen LogP contribution >= 0.6 is 0 Å². The van der Waals surface area contributed by atoms with E-state index in [0.29, 0.717) is 24.9 Å². The summed E-state index contributed by atoms with van der Waals surface area (Å²) < 4.78 is 0. The van der Waals surface area contributed by atoms with Gasteiger partial charge >= 0.3 is 0 Å². The Morgan fingerprint density at radius 3 is 2.93 bits per heavy atom. The summed E-state index contributed by atoms with van der Waals surface area (Å²) in [7, 11) is 0. The van der Waals surface area contributed by atoms with Crippen LogP contribution in [-0.4, -0.2) is 35.7 Å². The minimum Gasteiger partial charge on any atom is -0.392 e. The number of aliphatic hydroxyl groups is 1. The maximum absolute atomic E-state index is 11.7. The van der Waals surface area contributed by atoms with Crippen LogP contribution in [0.4, 0.5) is 0 Å². The minimum atomic E-state index is -0.355. The molecule has 86 valence electrons. The molecule has 2 rings (SSSR count). The molecule has 0 aromatic rings. The molecule has 1 saturated heterocycles. The SMILES string of the molecule is CCCC1CC1NC(=O)C1CC(O)CN1. The first kappa shape index (κ1) is 10.9. The quantitative estimate of drug-likeness (QED) is 0.615. The molecule has 2 aliphatic rings. The number of aliphatic hydroxyl groups excluding tert-OH is 1. The van der Waals surface area contributed by atoms with Crippen LogP contribution in [0, 0.1) is 5.92 Å². The zero-order chi connectivity index (χ0) is 10.8. The highest BCUT2D eigenvalue weighted by molar-refractivity contribution is 5.82. The fourth-order valence-corrected chi connectivity index (χ4v) is 2.31. The molecule has 4 heteroatoms. The third kappa shape index (κ3) is 2.69. The van der Waals surface area contributed by atoms with Gasteiger partial charge in [-0.2, -0.15) is 0 Å². The van der Waals surface area contributed by atoms with Crippen molar-refractivity contribution in [2.75, 3.05) is 6.54 Å². The van der Waals surface area contributed by atoms with Gasteiger partial charge in [-0.3, -0.25) is 4.79 Å². The molecule has 4 atom stereocenters. The lowest BCUT2D eigenvalue weighted by atomic mass is 10.2. The lowest BCUT2D eigenvalue weighted by molar-refractivity contribution is -0.123. The zero-order valence-corrected chi connectivity index (χ0v) is 9.20. The van der Waals surface area contributed by atoms with E-state index in [1.165, 1.54) is 12.8 Å². The van der Waals surface area contributed by atoms with Crippen LogP contribution in [-0.2, 0) is 4.79 Å². The number of nitrogens with one attached hydrogen (secondary N) is 2. The molecule has 0 aromatic carbocycles. The molecule has 1 aliphatic carbocycles. The Kier molecular flexibility index (Phi) is 3.26. The topological polar surface area (TPSA) is 61.4 Å². The second-order valence-electron chi connectivity index (χ2n) is 4.75. The van der Waals surface area contributed by atoms with Gasteiger partial charge < -0.3 is 15.7 Å². The largest absolute Gasteiger partial charge is 0.392 e. The third-order valence-electron chi connectivity index (χ3n) is 3.33. The Morgan fingerprint density at radius 2 is 2.33 bits per heavy atom. The first-order valence-corrected chi connectivity index (χ1v) is 5.92. The van der Waals surface area contributed by atoms with Crippen LogP contribution < -0.4 is 10.6 Å². The molecule has 4 nitrogen and oxygen atoms in total. The van der Waals surface area contributed by atoms with Crippen molar-refractivity contribution in [1.29, 1.82) is 0 Å². The van der Waals surface area contributed by atoms with Gasteiger partial charge in [0.15, 0.2) is 0 Å². The first-order valence-electron chi connectivity index (χ1n) is 5.92. The maximum Gasteiger partial charge on any atom is 0.237 e. The predicted octanol–water partition coefficient (Wildman–Crippen LogP) is 0.0140. The highest BCUT2D eigenvalue weighted by Gasteiger charge is 2.39. The standard InChI is InChI=1S/C11H20N2O2/c1-2-3-7-4-9(7)13-11(15)10-5-8(14)6-12-10/h7-10,12,14H,2-6H2,1H3,(H,13,15). The molecule has 1 heterocycles. The molecule has 3 N–H and O–H groups in total. The summed E-state index contributed by atoms with van der Waals surface area (Å²) in [6.45, 7) is 2.72. The van der Waals surface area contributed by atoms with Gasteiger partial charge in [0.25, 0.3) is 0 Å². The Balaban J connectivity index is 1.70. The van der Waals surface area contributed by atoms with Gasteiger partial charge in [-0.05, 0) is 25.2 Å². The van der Waals surface area contributed by atoms with E-state index in [-0.39, 0.29) is 18.1 Å². The van der Waals surface area contributed by atoms with Crippen LogP contribution in [0.15, 0.2) is 0 Å². The number of amides is 1. The van der Waals surface area contributed by atoms with Crippen molar-refractivity contribution in [2.45, 2.75) is 50.8 Å². The summed E-state index contributed by atoms with van der Waals surface area (Å²) in [5, 5.41) is 15.4. The van der Waals surface area contributed by atoms with Crippen molar-refractivity contribution in [3.05, 3.63) is 0 Å². The monoisotopic (exact) mass is 212 g/mol. The van der Waals surface area contributed by atoms with E-state index in [2.05, 4.69) is 17.6 Å². The Hall–Kier alpha value is -0.610. The minimum absolute atomic E-state index is 0.0650. The number of hydrogen-bond acceptors (Lipinski definition) is 3. The van der Waals surface area contributed by atoms with E-state index in [1.807, 2.05) is 0 Å². The van der Waals surface area contributed by atoms with E-state index in [1.54, 1.807) is 0 Å². The highest BCUT2D eigenvalue weighted by atomic mass is 16.3. The molecule has 0 spiro atoms. The van der Waals surface area contributed by atoms with E-state index >= 15 is 0 Å². The Morgan fingerprint density at radius 1 is 1.53 bits per heavy atom. The lowest BCUT2D eigenvalue weighted by Gasteiger charge is -2.10. The number of carbonyl (C=O) groups is 1. The molecule has 0 aromatic heterocycles. The second-order valence-corrected chi connectivity index (χ2v) is 4.75. The average molecular weight is 212 g/mol. The van der Waals surface area contributed by atoms with Crippen molar-refractivity contribution < 1.29 is 9.90 Å². The van der Waals surface area contributed by atoms with Gasteiger partial charge in [0.2, 0.25) is 5.91 Å². The zero-order valence-electron chi connectivity index (χ0n) is 9.20. The van der Waals surface area contributed by atoms with Gasteiger partial charge in [-0.15, -0.1) is 0 Å². The van der Waals surface area contributed by atoms with Crippen LogP contribution in [0.2, 0.25) is 0 Å². The summed E-state index contributed by atoms with van der Waals surface area (Å²) in [5.41, 5.74) is 0. The molecule has 2 fully saturated rings. The number of hydrogen-bond donors (Lipinski definition) is 3. The van der Waals surface area contributed by atoms with Crippen molar-refractivity contribution in [2.24, 2.45) is 5.92 Å². The van der Waals surface area contributed by atoms with Gasteiger partial charge in [-0.25, -0.2) is 0 Å². The van der Waals surface area contributed by atoms with Crippen molar-refractivity contribution in [3.63, 3.8) is 0 Å². The van der Waals surface area contributed by atoms with Crippen molar-refractivity contribution >= 4 is 5.91 Å². The molecule has 1 aliphatic heterocycles. The van der Waals surface area contributed by atoms with Crippen LogP contribution in [0.3, 0.4) is 0 Å². The Labute approximate surface area is 90.4 Å². The molecule has 1 amide bonds. The van der Waals surface area contributed by atoms with E-state index < -0.39 is 0 Å². The lowest BCUT2D eigenvalue weighted by Crippen LogP contribution is -2.41. The summed E-state index contributed by atoms with van der Waals surface area (Å²) in [4.78, 5) is 11.7. The van der Waals surface area contributed by atoms with E-state index in [4.69, 9.17) is 0 Å². The smallest absolute Gasteiger partial charge is 0.237 e. The summed E-state index contributed by atoms with van der Waals surface area (Å²) >= 11 is 0. The molecular weight excluding hydrogens is 192 g/mol. The number of carbonyl (C=O) groups excluding carboxylic acids is 1. The van der Waals surface area contributed by atoms with Gasteiger partial charge in [0.1, 0.15) is 0 Å². The number of β-amino-alcohol motifs (C(OH)–C–C–N with tert-alkyl or cyclic N) is 1. The third-order valence-corrected chi connectivity index (χ3v) is 3.33. The molecule has 15 heavy (non-hydrogen) atoms. The fraction of sp³-hybridized carbons (Fsp3) is 0.909. The van der Waals surface area contributed by atoms with Crippen LogP contribution in [0.5, 0.6) is 0 Å². The summed E-state index contributed by atoms with van der Waals surface area (Å²) in [6, 6.07) is 0.222. The van der Waals surface area contributed by atoms with Crippen molar-refractivity contribution in [3.8, 4) is 0 Å². The molecular formula is C11H20N2O2. The van der Waals surface area contributed by atoms with E-state index in [0.717, 1.165) is 6.42 Å². The highest BCUT2D eigenvalue weighted by Crippen LogP contribution is 2.34. The molecule has 0 radical (unpaired) electrons. The average Bonchev–Trinajstić information content (AvgIpc) is 2.76. The van der Waals surface area contributed by atoms with Crippen molar-refractivity contribution in [1.82, 2.24) is 10.6 Å². The molecule has 4 unspecified atom stereocenters. The first-order chi connectivity index (χ1) is 7.20. The predicted molar refractivity (Wildman–Crippen MR) is 57.4 cm³/mol.